The highest BCUT2D eigenvalue weighted by atomic mass is 16.7. The van der Waals surface area contributed by atoms with E-state index in [1.165, 1.54) is 20.8 Å². The first-order valence-corrected chi connectivity index (χ1v) is 11.2. The van der Waals surface area contributed by atoms with Crippen molar-refractivity contribution in [3.05, 3.63) is 71.8 Å². The van der Waals surface area contributed by atoms with Crippen molar-refractivity contribution in [2.24, 2.45) is 0 Å². The maximum atomic E-state index is 12.1. The molecule has 0 N–H and O–H groups in total. The average Bonchev–Trinajstić information content (AvgIpc) is 2.77. The Morgan fingerprint density at radius 1 is 0.765 bits per heavy atom. The zero-order valence-corrected chi connectivity index (χ0v) is 20.0. The Labute approximate surface area is 199 Å². The highest BCUT2D eigenvalue weighted by Gasteiger charge is 2.52. The Hall–Kier alpha value is -3.23. The number of hydrogen-bond acceptors (Lipinski definition) is 8. The van der Waals surface area contributed by atoms with E-state index in [1.807, 2.05) is 72.6 Å². The summed E-state index contributed by atoms with van der Waals surface area (Å²) in [6.07, 6.45) is -3.60. The van der Waals surface area contributed by atoms with Crippen LogP contribution in [-0.4, -0.2) is 60.5 Å². The highest BCUT2D eigenvalue weighted by molar-refractivity contribution is 5.68. The maximum Gasteiger partial charge on any atom is 0.304 e. The van der Waals surface area contributed by atoms with Crippen molar-refractivity contribution in [3.8, 4) is 0 Å². The molecule has 1 fully saturated rings. The molecular weight excluding hydrogens is 438 g/mol. The predicted octanol–water partition coefficient (Wildman–Crippen LogP) is 3.25. The summed E-state index contributed by atoms with van der Waals surface area (Å²) in [5.41, 5.74) is 1.95. The number of rotatable bonds is 7. The first-order valence-electron chi connectivity index (χ1n) is 11.2. The van der Waals surface area contributed by atoms with Gasteiger partial charge in [-0.2, -0.15) is 0 Å². The minimum absolute atomic E-state index is 0.307. The van der Waals surface area contributed by atoms with Gasteiger partial charge in [0.1, 0.15) is 6.04 Å². The maximum absolute atomic E-state index is 12.1. The van der Waals surface area contributed by atoms with E-state index in [0.29, 0.717) is 0 Å². The van der Waals surface area contributed by atoms with E-state index in [9.17, 15) is 14.4 Å². The predicted molar refractivity (Wildman–Crippen MR) is 123 cm³/mol. The Morgan fingerprint density at radius 2 is 1.21 bits per heavy atom. The van der Waals surface area contributed by atoms with Gasteiger partial charge in [-0.1, -0.05) is 60.7 Å². The van der Waals surface area contributed by atoms with Gasteiger partial charge in [-0.05, 0) is 25.1 Å². The van der Waals surface area contributed by atoms with Gasteiger partial charge in [-0.15, -0.1) is 0 Å². The molecule has 34 heavy (non-hydrogen) atoms. The fraction of sp³-hybridized carbons (Fsp3) is 0.423. The number of esters is 3. The van der Waals surface area contributed by atoms with Gasteiger partial charge in [0.05, 0.1) is 12.1 Å². The summed E-state index contributed by atoms with van der Waals surface area (Å²) in [7, 11) is 1.84. The topological polar surface area (TPSA) is 91.4 Å². The Kier molecular flexibility index (Phi) is 8.41. The normalized spacial score (nSPS) is 24.5. The molecule has 1 aliphatic heterocycles. The van der Waals surface area contributed by atoms with Crippen LogP contribution in [0.4, 0.5) is 0 Å². The minimum Gasteiger partial charge on any atom is -0.457 e. The van der Waals surface area contributed by atoms with Crippen LogP contribution in [0.1, 0.15) is 44.9 Å². The van der Waals surface area contributed by atoms with Crippen LogP contribution in [-0.2, 0) is 33.3 Å². The van der Waals surface area contributed by atoms with Gasteiger partial charge in [0, 0.05) is 20.8 Å². The lowest BCUT2D eigenvalue weighted by Crippen LogP contribution is -2.65. The van der Waals surface area contributed by atoms with Gasteiger partial charge in [0.25, 0.3) is 0 Å². The molecule has 182 valence electrons. The van der Waals surface area contributed by atoms with Crippen LogP contribution in [0.25, 0.3) is 0 Å². The number of carbonyl (C=O) groups is 3. The zero-order chi connectivity index (χ0) is 24.8. The van der Waals surface area contributed by atoms with E-state index in [0.717, 1.165) is 11.1 Å². The third kappa shape index (κ3) is 6.01. The SMILES string of the molecule is CC(=O)O[C@@H]1O[C@H](C)[C@H](OC(C)=O)[C@H](OC(C)=O)[C@H]1N(C)C(c1ccccc1)c1ccccc1. The van der Waals surface area contributed by atoms with Crippen molar-refractivity contribution in [2.45, 2.75) is 64.4 Å². The molecule has 0 unspecified atom stereocenters. The molecule has 5 atom stereocenters. The highest BCUT2D eigenvalue weighted by Crippen LogP contribution is 2.36. The summed E-state index contributed by atoms with van der Waals surface area (Å²) >= 11 is 0. The first-order chi connectivity index (χ1) is 16.2. The number of likely N-dealkylation sites (N-methyl/N-ethyl adjacent to an activating group) is 1. The fourth-order valence-electron chi connectivity index (χ4n) is 4.46. The molecule has 0 aliphatic carbocycles. The summed E-state index contributed by atoms with van der Waals surface area (Å²) in [6, 6.07) is 18.5. The van der Waals surface area contributed by atoms with Crippen LogP contribution in [0.5, 0.6) is 0 Å². The molecule has 0 amide bonds. The van der Waals surface area contributed by atoms with Crippen LogP contribution < -0.4 is 0 Å². The van der Waals surface area contributed by atoms with Gasteiger partial charge < -0.3 is 18.9 Å². The molecule has 1 saturated heterocycles. The third-order valence-corrected chi connectivity index (χ3v) is 5.75. The lowest BCUT2D eigenvalue weighted by Gasteiger charge is -2.48. The molecule has 0 radical (unpaired) electrons. The average molecular weight is 470 g/mol. The van der Waals surface area contributed by atoms with Crippen LogP contribution in [0, 0.1) is 0 Å². The first kappa shape index (κ1) is 25.4. The molecule has 0 aromatic heterocycles. The van der Waals surface area contributed by atoms with Crippen molar-refractivity contribution in [1.82, 2.24) is 4.90 Å². The number of benzene rings is 2. The van der Waals surface area contributed by atoms with E-state index in [1.54, 1.807) is 6.92 Å². The standard InChI is InChI=1S/C26H31NO7/c1-16-24(32-17(2)28)25(33-18(3)29)23(26(31-16)34-19(4)30)27(5)22(20-12-8-6-9-13-20)21-14-10-7-11-15-21/h6-16,22-26H,1-5H3/t16-,23-,24+,25-,26+/m1/s1. The third-order valence-electron chi connectivity index (χ3n) is 5.75. The van der Waals surface area contributed by atoms with Gasteiger partial charge in [-0.3, -0.25) is 19.3 Å². The number of ether oxygens (including phenoxy) is 4. The van der Waals surface area contributed by atoms with E-state index in [2.05, 4.69) is 0 Å². The molecule has 2 aromatic carbocycles. The van der Waals surface area contributed by atoms with E-state index >= 15 is 0 Å². The largest absolute Gasteiger partial charge is 0.457 e. The van der Waals surface area contributed by atoms with Crippen LogP contribution in [0.3, 0.4) is 0 Å². The fourth-order valence-corrected chi connectivity index (χ4v) is 4.46. The van der Waals surface area contributed by atoms with Crippen molar-refractivity contribution in [3.63, 3.8) is 0 Å². The second-order valence-electron chi connectivity index (χ2n) is 8.35. The quantitative estimate of drug-likeness (QED) is 0.451. The number of nitrogens with zero attached hydrogens (tertiary/aromatic N) is 1. The van der Waals surface area contributed by atoms with Crippen molar-refractivity contribution in [1.29, 1.82) is 0 Å². The van der Waals surface area contributed by atoms with Crippen molar-refractivity contribution in [2.75, 3.05) is 7.05 Å². The molecule has 0 bridgehead atoms. The summed E-state index contributed by atoms with van der Waals surface area (Å²) in [6.45, 7) is 5.54. The lowest BCUT2D eigenvalue weighted by molar-refractivity contribution is -0.277. The van der Waals surface area contributed by atoms with E-state index < -0.39 is 48.6 Å². The number of carbonyl (C=O) groups excluding carboxylic acids is 3. The zero-order valence-electron chi connectivity index (χ0n) is 20.0. The molecule has 2 aromatic rings. The molecule has 8 nitrogen and oxygen atoms in total. The molecule has 0 saturated carbocycles. The summed E-state index contributed by atoms with van der Waals surface area (Å²) in [4.78, 5) is 37.9. The summed E-state index contributed by atoms with van der Waals surface area (Å²) in [5.74, 6) is -1.63. The Balaban J connectivity index is 2.13. The van der Waals surface area contributed by atoms with Gasteiger partial charge in [0.2, 0.25) is 6.29 Å². The Morgan fingerprint density at radius 3 is 1.65 bits per heavy atom. The minimum atomic E-state index is -1.07. The monoisotopic (exact) mass is 469 g/mol. The second kappa shape index (κ2) is 11.3. The van der Waals surface area contributed by atoms with Crippen LogP contribution in [0.2, 0.25) is 0 Å². The van der Waals surface area contributed by atoms with E-state index in [-0.39, 0.29) is 6.04 Å². The molecule has 3 rings (SSSR count). The molecule has 8 heteroatoms. The smallest absolute Gasteiger partial charge is 0.304 e. The summed E-state index contributed by atoms with van der Waals surface area (Å²) in [5, 5.41) is 0. The summed E-state index contributed by atoms with van der Waals surface area (Å²) < 4.78 is 22.8. The molecule has 1 heterocycles. The number of hydrogen-bond donors (Lipinski definition) is 0. The molecule has 0 spiro atoms. The van der Waals surface area contributed by atoms with Gasteiger partial charge >= 0.3 is 17.9 Å². The lowest BCUT2D eigenvalue weighted by atomic mass is 9.91. The van der Waals surface area contributed by atoms with Crippen LogP contribution >= 0.6 is 0 Å². The van der Waals surface area contributed by atoms with Crippen LogP contribution in [0.15, 0.2) is 60.7 Å². The molecule has 1 aliphatic rings. The Bertz CT molecular complexity index is 942. The van der Waals surface area contributed by atoms with E-state index in [4.69, 9.17) is 18.9 Å². The van der Waals surface area contributed by atoms with Gasteiger partial charge in [-0.25, -0.2) is 0 Å². The van der Waals surface area contributed by atoms with Crippen molar-refractivity contribution < 1.29 is 33.3 Å². The van der Waals surface area contributed by atoms with Gasteiger partial charge in [0.15, 0.2) is 12.2 Å². The second-order valence-corrected chi connectivity index (χ2v) is 8.35. The van der Waals surface area contributed by atoms with Crippen molar-refractivity contribution >= 4 is 17.9 Å². The molecular formula is C26H31NO7.